The minimum Gasteiger partial charge on any atom is -0.276 e. The van der Waals surface area contributed by atoms with Crippen LogP contribution in [0.5, 0.6) is 0 Å². The van der Waals surface area contributed by atoms with Crippen molar-refractivity contribution >= 4 is 22.2 Å². The molecule has 0 radical (unpaired) electrons. The van der Waals surface area contributed by atoms with Gasteiger partial charge in [-0.3, -0.25) is 5.43 Å². The molecule has 0 aromatic heterocycles. The molecule has 0 unspecified atom stereocenters. The number of fused-ring (bicyclic) bond motifs is 1. The lowest BCUT2D eigenvalue weighted by Crippen LogP contribution is -1.96. The molecular formula is C19H12N4. The Morgan fingerprint density at radius 1 is 0.870 bits per heavy atom. The van der Waals surface area contributed by atoms with Gasteiger partial charge in [0.2, 0.25) is 5.71 Å². The van der Waals surface area contributed by atoms with Crippen molar-refractivity contribution in [3.05, 3.63) is 66.7 Å². The summed E-state index contributed by atoms with van der Waals surface area (Å²) in [6.45, 7) is 0. The molecule has 0 amide bonds. The molecule has 23 heavy (non-hydrogen) atoms. The van der Waals surface area contributed by atoms with Crippen molar-refractivity contribution in [1.82, 2.24) is 0 Å². The Hall–Kier alpha value is -3.63. The molecule has 0 heterocycles. The number of hydrogen-bond donors (Lipinski definition) is 1. The van der Waals surface area contributed by atoms with Gasteiger partial charge in [0, 0.05) is 0 Å². The summed E-state index contributed by atoms with van der Waals surface area (Å²) in [5.74, 6) is 0. The second-order valence-corrected chi connectivity index (χ2v) is 4.90. The molecule has 0 bridgehead atoms. The van der Waals surface area contributed by atoms with Gasteiger partial charge >= 0.3 is 0 Å². The molecular weight excluding hydrogens is 284 g/mol. The minimum absolute atomic E-state index is 0.208. The molecule has 0 aliphatic heterocycles. The summed E-state index contributed by atoms with van der Waals surface area (Å²) in [5, 5.41) is 23.5. The SMILES string of the molecule is N#CC(C#N)=NNc1cccc(-c2cccc3ccccc23)c1. The average molecular weight is 296 g/mol. The van der Waals surface area contributed by atoms with E-state index in [2.05, 4.69) is 34.8 Å². The van der Waals surface area contributed by atoms with E-state index in [-0.39, 0.29) is 5.71 Å². The van der Waals surface area contributed by atoms with Gasteiger partial charge in [0.1, 0.15) is 12.1 Å². The third kappa shape index (κ3) is 3.02. The topological polar surface area (TPSA) is 72.0 Å². The molecule has 0 fully saturated rings. The molecule has 0 spiro atoms. The standard InChI is InChI=1S/C19H12N4/c20-12-17(13-21)23-22-16-8-3-7-15(11-16)19-10-4-6-14-5-1-2-9-18(14)19/h1-11,22H. The third-order valence-electron chi connectivity index (χ3n) is 3.47. The zero-order valence-corrected chi connectivity index (χ0v) is 12.2. The summed E-state index contributed by atoms with van der Waals surface area (Å²) < 4.78 is 0. The van der Waals surface area contributed by atoms with Crippen LogP contribution in [0.4, 0.5) is 5.69 Å². The molecule has 0 aliphatic rings. The highest BCUT2D eigenvalue weighted by molar-refractivity contribution is 6.10. The lowest BCUT2D eigenvalue weighted by molar-refractivity contribution is 1.34. The van der Waals surface area contributed by atoms with E-state index in [4.69, 9.17) is 10.5 Å². The average Bonchev–Trinajstić information content (AvgIpc) is 2.62. The van der Waals surface area contributed by atoms with E-state index in [1.165, 1.54) is 10.8 Å². The van der Waals surface area contributed by atoms with Gasteiger partial charge in [0.25, 0.3) is 0 Å². The van der Waals surface area contributed by atoms with Crippen LogP contribution in [-0.4, -0.2) is 5.71 Å². The Kier molecular flexibility index (Phi) is 4.00. The number of nitrogens with zero attached hydrogens (tertiary/aromatic N) is 3. The van der Waals surface area contributed by atoms with E-state index >= 15 is 0 Å². The predicted molar refractivity (Wildman–Crippen MR) is 91.7 cm³/mol. The molecule has 3 rings (SSSR count). The van der Waals surface area contributed by atoms with Crippen LogP contribution in [0.3, 0.4) is 0 Å². The lowest BCUT2D eigenvalue weighted by Gasteiger charge is -2.08. The van der Waals surface area contributed by atoms with Gasteiger partial charge in [-0.2, -0.15) is 15.6 Å². The Labute approximate surface area is 133 Å². The Balaban J connectivity index is 2.01. The quantitative estimate of drug-likeness (QED) is 0.578. The highest BCUT2D eigenvalue weighted by Gasteiger charge is 2.04. The third-order valence-corrected chi connectivity index (χ3v) is 3.47. The summed E-state index contributed by atoms with van der Waals surface area (Å²) in [7, 11) is 0. The van der Waals surface area contributed by atoms with Gasteiger partial charge in [-0.1, -0.05) is 54.6 Å². The van der Waals surface area contributed by atoms with Crippen LogP contribution in [0, 0.1) is 22.7 Å². The van der Waals surface area contributed by atoms with E-state index < -0.39 is 0 Å². The summed E-state index contributed by atoms with van der Waals surface area (Å²) in [6, 6.07) is 25.5. The lowest BCUT2D eigenvalue weighted by atomic mass is 9.98. The number of nitriles is 2. The normalized spacial score (nSPS) is 9.65. The second-order valence-electron chi connectivity index (χ2n) is 4.90. The summed E-state index contributed by atoms with van der Waals surface area (Å²) in [6.07, 6.45) is 0. The molecule has 108 valence electrons. The van der Waals surface area contributed by atoms with E-state index in [1.54, 1.807) is 12.1 Å². The minimum atomic E-state index is -0.208. The van der Waals surface area contributed by atoms with Gasteiger partial charge in [0.15, 0.2) is 0 Å². The maximum absolute atomic E-state index is 8.71. The number of anilines is 1. The van der Waals surface area contributed by atoms with Crippen molar-refractivity contribution in [3.63, 3.8) is 0 Å². The maximum atomic E-state index is 8.71. The second kappa shape index (κ2) is 6.43. The van der Waals surface area contributed by atoms with Gasteiger partial charge in [-0.15, -0.1) is 0 Å². The Morgan fingerprint density at radius 3 is 2.43 bits per heavy atom. The van der Waals surface area contributed by atoms with E-state index in [1.807, 2.05) is 42.5 Å². The van der Waals surface area contributed by atoms with Crippen LogP contribution in [0.15, 0.2) is 71.8 Å². The highest BCUT2D eigenvalue weighted by atomic mass is 15.3. The van der Waals surface area contributed by atoms with Gasteiger partial charge < -0.3 is 0 Å². The maximum Gasteiger partial charge on any atom is 0.237 e. The zero-order chi connectivity index (χ0) is 16.1. The van der Waals surface area contributed by atoms with Crippen LogP contribution in [0.2, 0.25) is 0 Å². The van der Waals surface area contributed by atoms with Crippen molar-refractivity contribution in [3.8, 4) is 23.3 Å². The molecule has 4 heteroatoms. The van der Waals surface area contributed by atoms with Crippen molar-refractivity contribution in [2.45, 2.75) is 0 Å². The van der Waals surface area contributed by atoms with Gasteiger partial charge in [-0.05, 0) is 34.0 Å². The predicted octanol–water partition coefficient (Wildman–Crippen LogP) is 4.32. The molecule has 3 aromatic rings. The van der Waals surface area contributed by atoms with Crippen molar-refractivity contribution in [2.24, 2.45) is 5.10 Å². The molecule has 0 saturated heterocycles. The summed E-state index contributed by atoms with van der Waals surface area (Å²) in [5.41, 5.74) is 5.42. The molecule has 0 atom stereocenters. The summed E-state index contributed by atoms with van der Waals surface area (Å²) >= 11 is 0. The Bertz CT molecular complexity index is 953. The molecule has 1 N–H and O–H groups in total. The fourth-order valence-electron chi connectivity index (χ4n) is 2.43. The number of hydrogen-bond acceptors (Lipinski definition) is 4. The molecule has 0 aliphatic carbocycles. The zero-order valence-electron chi connectivity index (χ0n) is 12.2. The largest absolute Gasteiger partial charge is 0.276 e. The number of rotatable bonds is 3. The van der Waals surface area contributed by atoms with Crippen LogP contribution in [-0.2, 0) is 0 Å². The first kappa shape index (κ1) is 14.3. The van der Waals surface area contributed by atoms with E-state index in [0.29, 0.717) is 0 Å². The number of nitrogens with one attached hydrogen (secondary N) is 1. The fourth-order valence-corrected chi connectivity index (χ4v) is 2.43. The van der Waals surface area contributed by atoms with Crippen LogP contribution in [0.1, 0.15) is 0 Å². The number of benzene rings is 3. The molecule has 4 nitrogen and oxygen atoms in total. The smallest absolute Gasteiger partial charge is 0.237 e. The molecule has 3 aromatic carbocycles. The van der Waals surface area contributed by atoms with Crippen molar-refractivity contribution in [1.29, 1.82) is 10.5 Å². The first-order valence-electron chi connectivity index (χ1n) is 7.04. The van der Waals surface area contributed by atoms with Crippen LogP contribution in [0.25, 0.3) is 21.9 Å². The fraction of sp³-hybridized carbons (Fsp3) is 0. The van der Waals surface area contributed by atoms with Crippen molar-refractivity contribution < 1.29 is 0 Å². The van der Waals surface area contributed by atoms with Crippen molar-refractivity contribution in [2.75, 3.05) is 5.43 Å². The Morgan fingerprint density at radius 2 is 1.61 bits per heavy atom. The monoisotopic (exact) mass is 296 g/mol. The van der Waals surface area contributed by atoms with Gasteiger partial charge in [-0.25, -0.2) is 0 Å². The molecule has 0 saturated carbocycles. The van der Waals surface area contributed by atoms with E-state index in [0.717, 1.165) is 16.8 Å². The van der Waals surface area contributed by atoms with Crippen LogP contribution >= 0.6 is 0 Å². The summed E-state index contributed by atoms with van der Waals surface area (Å²) in [4.78, 5) is 0. The number of hydrazone groups is 1. The first-order valence-corrected chi connectivity index (χ1v) is 7.04. The van der Waals surface area contributed by atoms with Gasteiger partial charge in [0.05, 0.1) is 5.69 Å². The van der Waals surface area contributed by atoms with Crippen LogP contribution < -0.4 is 5.43 Å². The first-order chi connectivity index (χ1) is 11.3. The highest BCUT2D eigenvalue weighted by Crippen LogP contribution is 2.29. The van der Waals surface area contributed by atoms with E-state index in [9.17, 15) is 0 Å².